The van der Waals surface area contributed by atoms with Crippen LogP contribution in [-0.4, -0.2) is 34.3 Å². The molecule has 11 heteroatoms. The maximum atomic E-state index is 12.5. The molecule has 0 aliphatic heterocycles. The number of nitrogen functional groups attached to an aromatic ring is 1. The zero-order valence-corrected chi connectivity index (χ0v) is 10.2. The van der Waals surface area contributed by atoms with Crippen molar-refractivity contribution in [3.63, 3.8) is 0 Å². The first kappa shape index (κ1) is 13.0. The van der Waals surface area contributed by atoms with E-state index in [-0.39, 0.29) is 17.8 Å². The summed E-state index contributed by atoms with van der Waals surface area (Å²) in [6.07, 6.45) is 1.02. The maximum Gasteiger partial charge on any atom is 0.435 e. The van der Waals surface area contributed by atoms with E-state index in [9.17, 15) is 13.2 Å². The first-order valence-electron chi connectivity index (χ1n) is 5.56. The average molecular weight is 296 g/mol. The fourth-order valence-corrected chi connectivity index (χ4v) is 1.55. The van der Waals surface area contributed by atoms with Crippen LogP contribution in [0.4, 0.5) is 19.1 Å². The van der Waals surface area contributed by atoms with Crippen LogP contribution in [-0.2, 0) is 6.18 Å². The molecule has 0 saturated carbocycles. The van der Waals surface area contributed by atoms with Gasteiger partial charge in [-0.2, -0.15) is 33.2 Å². The first-order chi connectivity index (χ1) is 9.93. The van der Waals surface area contributed by atoms with Crippen molar-refractivity contribution < 1.29 is 13.2 Å². The molecule has 0 atom stereocenters. The van der Waals surface area contributed by atoms with E-state index in [1.807, 2.05) is 0 Å². The minimum Gasteiger partial charge on any atom is -0.368 e. The van der Waals surface area contributed by atoms with Gasteiger partial charge in [0.2, 0.25) is 11.9 Å². The van der Waals surface area contributed by atoms with Gasteiger partial charge < -0.3 is 5.73 Å². The van der Waals surface area contributed by atoms with E-state index < -0.39 is 11.9 Å². The number of anilines is 1. The Hall–Kier alpha value is -2.98. The van der Waals surface area contributed by atoms with Gasteiger partial charge in [-0.3, -0.25) is 4.57 Å². The van der Waals surface area contributed by atoms with Crippen LogP contribution < -0.4 is 5.73 Å². The summed E-state index contributed by atoms with van der Waals surface area (Å²) in [7, 11) is 0. The Kier molecular flexibility index (Phi) is 2.82. The molecule has 8 nitrogen and oxygen atoms in total. The number of nitrogens with two attached hydrogens (primary N) is 1. The van der Waals surface area contributed by atoms with E-state index in [4.69, 9.17) is 5.73 Å². The molecule has 0 fully saturated rings. The van der Waals surface area contributed by atoms with E-state index in [0.29, 0.717) is 0 Å². The topological polar surface area (TPSA) is 100 Å². The van der Waals surface area contributed by atoms with Crippen LogP contribution in [0.2, 0.25) is 0 Å². The smallest absolute Gasteiger partial charge is 0.368 e. The summed E-state index contributed by atoms with van der Waals surface area (Å²) in [4.78, 5) is 15.4. The van der Waals surface area contributed by atoms with Crippen LogP contribution >= 0.6 is 0 Å². The quantitative estimate of drug-likeness (QED) is 0.752. The molecule has 0 bridgehead atoms. The Balaban J connectivity index is 2.05. The Labute approximate surface area is 115 Å². The molecular weight excluding hydrogens is 289 g/mol. The molecule has 0 saturated heterocycles. The van der Waals surface area contributed by atoms with Crippen molar-refractivity contribution in [1.82, 2.24) is 34.3 Å². The highest BCUT2D eigenvalue weighted by Crippen LogP contribution is 2.27. The highest BCUT2D eigenvalue weighted by atomic mass is 19.4. The van der Waals surface area contributed by atoms with Crippen LogP contribution in [0.5, 0.6) is 0 Å². The van der Waals surface area contributed by atoms with Gasteiger partial charge in [-0.15, -0.1) is 0 Å². The van der Waals surface area contributed by atoms with Crippen molar-refractivity contribution in [3.05, 3.63) is 36.7 Å². The van der Waals surface area contributed by atoms with Crippen LogP contribution in [0.3, 0.4) is 0 Å². The van der Waals surface area contributed by atoms with Gasteiger partial charge in [0.1, 0.15) is 6.33 Å². The van der Waals surface area contributed by atoms with Gasteiger partial charge in [-0.1, -0.05) is 0 Å². The summed E-state index contributed by atoms with van der Waals surface area (Å²) < 4.78 is 39.9. The number of hydrogen-bond donors (Lipinski definition) is 1. The summed E-state index contributed by atoms with van der Waals surface area (Å²) in [6, 6.07) is 0.816. The normalized spacial score (nSPS) is 11.8. The predicted octanol–water partition coefficient (Wildman–Crippen LogP) is 0.844. The molecular formula is C10H7F3N8. The standard InChI is InChI=1S/C10H7F3N8/c11-10(12,13)6-1-3-21(19-6)9-17-7(14)16-8(18-9)20-4-2-15-5-20/h1-5H,(H2,14,16,17,18). The molecule has 0 amide bonds. The number of rotatable bonds is 2. The summed E-state index contributed by atoms with van der Waals surface area (Å²) in [5.41, 5.74) is 4.49. The van der Waals surface area contributed by atoms with E-state index in [1.54, 1.807) is 6.20 Å². The lowest BCUT2D eigenvalue weighted by atomic mass is 10.4. The molecule has 3 aromatic rings. The van der Waals surface area contributed by atoms with Crippen molar-refractivity contribution in [1.29, 1.82) is 0 Å². The van der Waals surface area contributed by atoms with Gasteiger partial charge in [0.25, 0.3) is 5.95 Å². The predicted molar refractivity (Wildman–Crippen MR) is 63.5 cm³/mol. The number of aromatic nitrogens is 7. The van der Waals surface area contributed by atoms with Gasteiger partial charge >= 0.3 is 6.18 Å². The fraction of sp³-hybridized carbons (Fsp3) is 0.100. The second-order valence-corrected chi connectivity index (χ2v) is 3.91. The van der Waals surface area contributed by atoms with Gasteiger partial charge in [-0.25, -0.2) is 9.67 Å². The molecule has 0 radical (unpaired) electrons. The molecule has 0 aromatic carbocycles. The molecule has 108 valence electrons. The summed E-state index contributed by atoms with van der Waals surface area (Å²) in [5.74, 6) is -0.145. The third-order valence-electron chi connectivity index (χ3n) is 2.45. The molecule has 3 heterocycles. The van der Waals surface area contributed by atoms with Crippen molar-refractivity contribution in [2.24, 2.45) is 0 Å². The number of imidazole rings is 1. The van der Waals surface area contributed by atoms with Crippen molar-refractivity contribution in [2.75, 3.05) is 5.73 Å². The summed E-state index contributed by atoms with van der Waals surface area (Å²) >= 11 is 0. The third kappa shape index (κ3) is 2.52. The van der Waals surface area contributed by atoms with E-state index in [1.165, 1.54) is 17.1 Å². The Morgan fingerprint density at radius 3 is 2.43 bits per heavy atom. The molecule has 0 unspecified atom stereocenters. The van der Waals surface area contributed by atoms with Crippen molar-refractivity contribution in [2.45, 2.75) is 6.18 Å². The summed E-state index contributed by atoms with van der Waals surface area (Å²) in [6.45, 7) is 0. The lowest BCUT2D eigenvalue weighted by Gasteiger charge is -2.05. The van der Waals surface area contributed by atoms with Crippen LogP contribution in [0.15, 0.2) is 31.0 Å². The Morgan fingerprint density at radius 1 is 1.05 bits per heavy atom. The van der Waals surface area contributed by atoms with Crippen LogP contribution in [0.1, 0.15) is 5.69 Å². The molecule has 0 aliphatic rings. The van der Waals surface area contributed by atoms with Crippen molar-refractivity contribution >= 4 is 5.95 Å². The second kappa shape index (κ2) is 4.54. The number of alkyl halides is 3. The first-order valence-corrected chi connectivity index (χ1v) is 5.56. The van der Waals surface area contributed by atoms with E-state index in [0.717, 1.165) is 16.9 Å². The Morgan fingerprint density at radius 2 is 1.81 bits per heavy atom. The SMILES string of the molecule is Nc1nc(-n2ccnc2)nc(-n2ccc(C(F)(F)F)n2)n1. The molecule has 21 heavy (non-hydrogen) atoms. The lowest BCUT2D eigenvalue weighted by molar-refractivity contribution is -0.141. The highest BCUT2D eigenvalue weighted by molar-refractivity contribution is 5.28. The summed E-state index contributed by atoms with van der Waals surface area (Å²) in [5, 5.41) is 3.37. The molecule has 3 aromatic heterocycles. The van der Waals surface area contributed by atoms with E-state index in [2.05, 4.69) is 25.0 Å². The van der Waals surface area contributed by atoms with Gasteiger partial charge in [-0.05, 0) is 6.07 Å². The van der Waals surface area contributed by atoms with Gasteiger partial charge in [0.05, 0.1) is 0 Å². The average Bonchev–Trinajstić information content (AvgIpc) is 3.09. The zero-order chi connectivity index (χ0) is 15.0. The number of nitrogens with zero attached hydrogens (tertiary/aromatic N) is 7. The fourth-order valence-electron chi connectivity index (χ4n) is 1.55. The number of halogens is 3. The second-order valence-electron chi connectivity index (χ2n) is 3.91. The van der Waals surface area contributed by atoms with Crippen molar-refractivity contribution in [3.8, 4) is 11.9 Å². The molecule has 2 N–H and O–H groups in total. The van der Waals surface area contributed by atoms with Gasteiger partial charge in [0, 0.05) is 18.6 Å². The minimum absolute atomic E-state index is 0.123. The zero-order valence-electron chi connectivity index (χ0n) is 10.2. The minimum atomic E-state index is -4.54. The Bertz CT molecular complexity index is 761. The largest absolute Gasteiger partial charge is 0.435 e. The van der Waals surface area contributed by atoms with Gasteiger partial charge in [0.15, 0.2) is 5.69 Å². The van der Waals surface area contributed by atoms with Crippen LogP contribution in [0, 0.1) is 0 Å². The molecule has 3 rings (SSSR count). The highest BCUT2D eigenvalue weighted by Gasteiger charge is 2.33. The third-order valence-corrected chi connectivity index (χ3v) is 2.45. The molecule has 0 aliphatic carbocycles. The maximum absolute atomic E-state index is 12.5. The van der Waals surface area contributed by atoms with E-state index >= 15 is 0 Å². The monoisotopic (exact) mass is 296 g/mol. The molecule has 0 spiro atoms. The van der Waals surface area contributed by atoms with Crippen LogP contribution in [0.25, 0.3) is 11.9 Å². The number of hydrogen-bond acceptors (Lipinski definition) is 6. The lowest BCUT2D eigenvalue weighted by Crippen LogP contribution is -2.12.